The summed E-state index contributed by atoms with van der Waals surface area (Å²) in [6.07, 6.45) is 3.77. The van der Waals surface area contributed by atoms with Crippen LogP contribution in [0.3, 0.4) is 0 Å². The van der Waals surface area contributed by atoms with Crippen molar-refractivity contribution in [2.24, 2.45) is 16.8 Å². The Bertz CT molecular complexity index is 704. The van der Waals surface area contributed by atoms with Crippen LogP contribution in [-0.2, 0) is 4.74 Å². The van der Waals surface area contributed by atoms with Crippen molar-refractivity contribution in [3.05, 3.63) is 60.7 Å². The van der Waals surface area contributed by atoms with Crippen molar-refractivity contribution in [1.29, 1.82) is 0 Å². The van der Waals surface area contributed by atoms with Gasteiger partial charge in [0.25, 0.3) is 0 Å². The molecule has 1 aliphatic carbocycles. The lowest BCUT2D eigenvalue weighted by molar-refractivity contribution is 0.277. The quantitative estimate of drug-likeness (QED) is 0.701. The van der Waals surface area contributed by atoms with Gasteiger partial charge in [0.05, 0.1) is 6.04 Å². The van der Waals surface area contributed by atoms with Crippen LogP contribution in [0.1, 0.15) is 33.1 Å². The molecule has 136 valence electrons. The van der Waals surface area contributed by atoms with Crippen molar-refractivity contribution >= 4 is 24.4 Å². The largest absolute Gasteiger partial charge is 0.478 e. The third-order valence-corrected chi connectivity index (χ3v) is 8.65. The molecule has 0 amide bonds. The summed E-state index contributed by atoms with van der Waals surface area (Å²) in [6, 6.07) is 22.5. The Morgan fingerprint density at radius 2 is 1.54 bits per heavy atom. The van der Waals surface area contributed by atoms with Crippen LogP contribution in [0.2, 0.25) is 0 Å². The van der Waals surface area contributed by atoms with E-state index in [4.69, 9.17) is 9.73 Å². The molecule has 0 saturated heterocycles. The molecule has 1 aliphatic heterocycles. The summed E-state index contributed by atoms with van der Waals surface area (Å²) in [5.74, 6) is 2.08. The molecule has 1 saturated carbocycles. The van der Waals surface area contributed by atoms with Crippen LogP contribution in [0.4, 0.5) is 0 Å². The summed E-state index contributed by atoms with van der Waals surface area (Å²) < 4.78 is 6.12. The Morgan fingerprint density at radius 1 is 0.923 bits per heavy atom. The first-order chi connectivity index (χ1) is 12.7. The molecule has 0 N–H and O–H groups in total. The van der Waals surface area contributed by atoms with E-state index in [-0.39, 0.29) is 0 Å². The standard InChI is InChI=1S/C23H28NOP/c1-17(2)21-16-25-23(24-21)20-14-9-15-22(20)26(18-10-5-3-6-11-18)19-12-7-4-8-13-19/h3-8,10-13,17,20-22H,9,14-16H2,1-2H3/t20?,21-,22?/m0/s1. The molecule has 0 aromatic heterocycles. The third-order valence-electron chi connectivity index (χ3n) is 5.66. The van der Waals surface area contributed by atoms with Gasteiger partial charge in [-0.05, 0) is 42.9 Å². The molecule has 0 radical (unpaired) electrons. The Morgan fingerprint density at radius 3 is 2.08 bits per heavy atom. The maximum absolute atomic E-state index is 6.12. The van der Waals surface area contributed by atoms with Gasteiger partial charge in [0.15, 0.2) is 5.90 Å². The lowest BCUT2D eigenvalue weighted by atomic mass is 10.1. The van der Waals surface area contributed by atoms with E-state index in [1.165, 1.54) is 29.9 Å². The Hall–Kier alpha value is -1.66. The van der Waals surface area contributed by atoms with Crippen molar-refractivity contribution in [3.63, 3.8) is 0 Å². The van der Waals surface area contributed by atoms with E-state index in [9.17, 15) is 0 Å². The van der Waals surface area contributed by atoms with E-state index in [2.05, 4.69) is 74.5 Å². The fourth-order valence-corrected chi connectivity index (χ4v) is 7.33. The fraction of sp³-hybridized carbons (Fsp3) is 0.435. The number of nitrogens with zero attached hydrogens (tertiary/aromatic N) is 1. The summed E-state index contributed by atoms with van der Waals surface area (Å²) in [6.45, 7) is 5.26. The van der Waals surface area contributed by atoms with E-state index in [0.717, 1.165) is 12.5 Å². The van der Waals surface area contributed by atoms with E-state index in [0.29, 0.717) is 23.5 Å². The Balaban J connectivity index is 1.68. The lowest BCUT2D eigenvalue weighted by Gasteiger charge is -2.29. The SMILES string of the molecule is CC(C)[C@@H]1COC(C2CCCC2P(c2ccccc2)c2ccccc2)=N1. The third kappa shape index (κ3) is 3.58. The highest BCUT2D eigenvalue weighted by atomic mass is 31.1. The first-order valence-electron chi connectivity index (χ1n) is 9.84. The van der Waals surface area contributed by atoms with Crippen LogP contribution in [0.15, 0.2) is 65.7 Å². The summed E-state index contributed by atoms with van der Waals surface area (Å²) in [7, 11) is -0.398. The Kier molecular flexibility index (Phi) is 5.41. The van der Waals surface area contributed by atoms with Crippen molar-refractivity contribution in [2.45, 2.75) is 44.8 Å². The van der Waals surface area contributed by atoms with Crippen molar-refractivity contribution in [1.82, 2.24) is 0 Å². The minimum Gasteiger partial charge on any atom is -0.478 e. The maximum atomic E-state index is 6.12. The van der Waals surface area contributed by atoms with Gasteiger partial charge in [-0.2, -0.15) is 0 Å². The monoisotopic (exact) mass is 365 g/mol. The van der Waals surface area contributed by atoms with Gasteiger partial charge in [-0.25, -0.2) is 4.99 Å². The predicted octanol–water partition coefficient (Wildman–Crippen LogP) is 4.74. The molecule has 1 heterocycles. The average molecular weight is 365 g/mol. The molecular weight excluding hydrogens is 337 g/mol. The number of hydrogen-bond acceptors (Lipinski definition) is 2. The van der Waals surface area contributed by atoms with Gasteiger partial charge >= 0.3 is 0 Å². The number of aliphatic imine (C=N–C) groups is 1. The van der Waals surface area contributed by atoms with Crippen LogP contribution >= 0.6 is 7.92 Å². The molecule has 0 spiro atoms. The molecule has 26 heavy (non-hydrogen) atoms. The van der Waals surface area contributed by atoms with Gasteiger partial charge in [-0.1, -0.05) is 80.9 Å². The molecule has 3 heteroatoms. The van der Waals surface area contributed by atoms with Gasteiger partial charge in [-0.3, -0.25) is 0 Å². The molecule has 2 aliphatic rings. The van der Waals surface area contributed by atoms with E-state index >= 15 is 0 Å². The van der Waals surface area contributed by atoms with Crippen LogP contribution in [0.5, 0.6) is 0 Å². The molecule has 2 aromatic carbocycles. The fourth-order valence-electron chi connectivity index (χ4n) is 4.20. The number of benzene rings is 2. The first kappa shape index (κ1) is 17.7. The van der Waals surface area contributed by atoms with Crippen molar-refractivity contribution in [3.8, 4) is 0 Å². The molecule has 2 aromatic rings. The highest BCUT2D eigenvalue weighted by Crippen LogP contribution is 2.51. The zero-order valence-electron chi connectivity index (χ0n) is 15.7. The summed E-state index contributed by atoms with van der Waals surface area (Å²) >= 11 is 0. The first-order valence-corrected chi connectivity index (χ1v) is 11.2. The van der Waals surface area contributed by atoms with E-state index < -0.39 is 7.92 Å². The zero-order valence-corrected chi connectivity index (χ0v) is 16.6. The normalized spacial score (nSPS) is 25.5. The van der Waals surface area contributed by atoms with E-state index in [1.54, 1.807) is 0 Å². The second-order valence-corrected chi connectivity index (χ2v) is 10.2. The predicted molar refractivity (Wildman–Crippen MR) is 112 cm³/mol. The van der Waals surface area contributed by atoms with Crippen LogP contribution < -0.4 is 10.6 Å². The van der Waals surface area contributed by atoms with Crippen LogP contribution in [0, 0.1) is 11.8 Å². The molecule has 1 fully saturated rings. The number of rotatable bonds is 5. The smallest absolute Gasteiger partial charge is 0.187 e. The van der Waals surface area contributed by atoms with Gasteiger partial charge < -0.3 is 4.74 Å². The van der Waals surface area contributed by atoms with Gasteiger partial charge in [0, 0.05) is 5.92 Å². The highest BCUT2D eigenvalue weighted by molar-refractivity contribution is 7.73. The Labute approximate surface area is 158 Å². The molecular formula is C23H28NOP. The second kappa shape index (κ2) is 7.92. The molecule has 3 atom stereocenters. The lowest BCUT2D eigenvalue weighted by Crippen LogP contribution is -2.29. The summed E-state index contributed by atoms with van der Waals surface area (Å²) in [4.78, 5) is 4.99. The van der Waals surface area contributed by atoms with Crippen LogP contribution in [0.25, 0.3) is 0 Å². The number of ether oxygens (including phenoxy) is 1. The van der Waals surface area contributed by atoms with Crippen molar-refractivity contribution < 1.29 is 4.74 Å². The minimum absolute atomic E-state index is 0.339. The second-order valence-electron chi connectivity index (χ2n) is 7.74. The highest BCUT2D eigenvalue weighted by Gasteiger charge is 2.40. The van der Waals surface area contributed by atoms with Gasteiger partial charge in [0.1, 0.15) is 6.61 Å². The van der Waals surface area contributed by atoms with Gasteiger partial charge in [-0.15, -0.1) is 0 Å². The van der Waals surface area contributed by atoms with E-state index in [1.807, 2.05) is 0 Å². The van der Waals surface area contributed by atoms with Crippen molar-refractivity contribution in [2.75, 3.05) is 6.61 Å². The zero-order chi connectivity index (χ0) is 17.9. The number of hydrogen-bond donors (Lipinski definition) is 0. The topological polar surface area (TPSA) is 21.6 Å². The van der Waals surface area contributed by atoms with Crippen LogP contribution in [-0.4, -0.2) is 24.2 Å². The minimum atomic E-state index is -0.398. The van der Waals surface area contributed by atoms with Gasteiger partial charge in [0.2, 0.25) is 0 Å². The summed E-state index contributed by atoms with van der Waals surface area (Å²) in [5, 5.41) is 2.95. The molecule has 2 nitrogen and oxygen atoms in total. The molecule has 2 unspecified atom stereocenters. The maximum Gasteiger partial charge on any atom is 0.187 e. The molecule has 4 rings (SSSR count). The summed E-state index contributed by atoms with van der Waals surface area (Å²) in [5.41, 5.74) is 0.625. The molecule has 0 bridgehead atoms. The average Bonchev–Trinajstić information content (AvgIpc) is 3.33.